The molecule has 43 heavy (non-hydrogen) atoms. The third-order valence-electron chi connectivity index (χ3n) is 6.85. The van der Waals surface area contributed by atoms with Crippen molar-refractivity contribution in [2.24, 2.45) is 0 Å². The Kier molecular flexibility index (Phi) is 12.5. The van der Waals surface area contributed by atoms with Crippen LogP contribution in [0.4, 0.5) is 5.69 Å². The number of hydrogen-bond acceptors (Lipinski definition) is 6. The van der Waals surface area contributed by atoms with Crippen molar-refractivity contribution in [1.29, 1.82) is 0 Å². The van der Waals surface area contributed by atoms with Crippen molar-refractivity contribution in [2.75, 3.05) is 31.6 Å². The fourth-order valence-electron chi connectivity index (χ4n) is 4.48. The summed E-state index contributed by atoms with van der Waals surface area (Å²) in [5, 5.41) is 3.64. The van der Waals surface area contributed by atoms with Crippen LogP contribution in [-0.2, 0) is 26.2 Å². The summed E-state index contributed by atoms with van der Waals surface area (Å²) in [5.74, 6) is -0.212. The SMILES string of the molecule is CCCCNC(=O)[C@H](CC)N(Cc1ccc(Cl)cc1Cl)C(=O)CN(c1ccccc1OC)S(=O)(=O)c1ccc(OC)cc1. The van der Waals surface area contributed by atoms with Gasteiger partial charge in [-0.05, 0) is 66.9 Å². The lowest BCUT2D eigenvalue weighted by molar-refractivity contribution is -0.140. The third-order valence-corrected chi connectivity index (χ3v) is 9.21. The van der Waals surface area contributed by atoms with Crippen LogP contribution in [0.2, 0.25) is 10.0 Å². The van der Waals surface area contributed by atoms with Crippen LogP contribution < -0.4 is 19.1 Å². The summed E-state index contributed by atoms with van der Waals surface area (Å²) in [6.07, 6.45) is 1.95. The van der Waals surface area contributed by atoms with Crippen LogP contribution in [0.5, 0.6) is 11.5 Å². The smallest absolute Gasteiger partial charge is 0.264 e. The predicted octanol–water partition coefficient (Wildman–Crippen LogP) is 5.93. The van der Waals surface area contributed by atoms with Crippen LogP contribution >= 0.6 is 23.2 Å². The molecule has 0 heterocycles. The second kappa shape index (κ2) is 15.8. The van der Waals surface area contributed by atoms with Gasteiger partial charge in [-0.25, -0.2) is 8.42 Å². The Bertz CT molecular complexity index is 1500. The highest BCUT2D eigenvalue weighted by atomic mass is 35.5. The summed E-state index contributed by atoms with van der Waals surface area (Å²) in [6.45, 7) is 3.60. The van der Waals surface area contributed by atoms with Gasteiger partial charge >= 0.3 is 0 Å². The standard InChI is InChI=1S/C31H37Cl2N3O6S/c1-5-7-18-34-31(38)27(6-2)35(20-22-12-13-23(32)19-26(22)33)30(37)21-36(28-10-8-9-11-29(28)42-4)43(39,40)25-16-14-24(41-3)15-17-25/h8-17,19,27H,5-7,18,20-21H2,1-4H3,(H,34,38)/t27-/m0/s1. The van der Waals surface area contributed by atoms with Crippen molar-refractivity contribution in [3.8, 4) is 11.5 Å². The summed E-state index contributed by atoms with van der Waals surface area (Å²) in [7, 11) is -1.39. The highest BCUT2D eigenvalue weighted by molar-refractivity contribution is 7.92. The first-order valence-corrected chi connectivity index (χ1v) is 16.1. The molecule has 0 bridgehead atoms. The normalized spacial score (nSPS) is 11.9. The van der Waals surface area contributed by atoms with E-state index in [1.54, 1.807) is 49.4 Å². The minimum absolute atomic E-state index is 0.0448. The second-order valence-electron chi connectivity index (χ2n) is 9.69. The van der Waals surface area contributed by atoms with Crippen molar-refractivity contribution in [3.05, 3.63) is 82.3 Å². The molecule has 9 nitrogen and oxygen atoms in total. The van der Waals surface area contributed by atoms with E-state index in [9.17, 15) is 18.0 Å². The Hall–Kier alpha value is -3.47. The zero-order valence-corrected chi connectivity index (χ0v) is 27.0. The number of carbonyl (C=O) groups excluding carboxylic acids is 2. The van der Waals surface area contributed by atoms with Gasteiger partial charge < -0.3 is 19.7 Å². The van der Waals surface area contributed by atoms with Crippen molar-refractivity contribution >= 4 is 50.7 Å². The molecule has 0 spiro atoms. The fourth-order valence-corrected chi connectivity index (χ4v) is 6.38. The molecule has 0 aromatic heterocycles. The average molecular weight is 651 g/mol. The van der Waals surface area contributed by atoms with Crippen LogP contribution in [-0.4, -0.2) is 58.5 Å². The number of benzene rings is 3. The zero-order valence-electron chi connectivity index (χ0n) is 24.7. The molecule has 0 saturated heterocycles. The van der Waals surface area contributed by atoms with E-state index in [-0.39, 0.29) is 35.2 Å². The first-order chi connectivity index (χ1) is 20.6. The van der Waals surface area contributed by atoms with Gasteiger partial charge in [0.1, 0.15) is 24.1 Å². The summed E-state index contributed by atoms with van der Waals surface area (Å²) < 4.78 is 39.9. The highest BCUT2D eigenvalue weighted by Gasteiger charge is 2.35. The lowest BCUT2D eigenvalue weighted by Gasteiger charge is -2.33. The number of halogens is 2. The van der Waals surface area contributed by atoms with Crippen LogP contribution in [0.1, 0.15) is 38.7 Å². The number of nitrogens with zero attached hydrogens (tertiary/aromatic N) is 2. The average Bonchev–Trinajstić information content (AvgIpc) is 3.00. The fraction of sp³-hybridized carbons (Fsp3) is 0.355. The number of para-hydroxylation sites is 2. The molecule has 3 rings (SSSR count). The largest absolute Gasteiger partial charge is 0.497 e. The lowest BCUT2D eigenvalue weighted by Crippen LogP contribution is -2.52. The monoisotopic (exact) mass is 649 g/mol. The Morgan fingerprint density at radius 3 is 2.26 bits per heavy atom. The molecular formula is C31H37Cl2N3O6S. The van der Waals surface area contributed by atoms with Gasteiger partial charge in [0.05, 0.1) is 24.8 Å². The predicted molar refractivity (Wildman–Crippen MR) is 170 cm³/mol. The van der Waals surface area contributed by atoms with E-state index in [0.717, 1.165) is 17.1 Å². The van der Waals surface area contributed by atoms with Crippen LogP contribution in [0.3, 0.4) is 0 Å². The molecule has 0 unspecified atom stereocenters. The first kappa shape index (κ1) is 34.0. The molecule has 0 aliphatic carbocycles. The van der Waals surface area contributed by atoms with Crippen LogP contribution in [0.25, 0.3) is 0 Å². The van der Waals surface area contributed by atoms with Gasteiger partial charge in [0.15, 0.2) is 0 Å². The Morgan fingerprint density at radius 2 is 1.65 bits per heavy atom. The van der Waals surface area contributed by atoms with E-state index in [1.165, 1.54) is 43.4 Å². The maximum atomic E-state index is 14.2. The number of anilines is 1. The molecule has 1 atom stereocenters. The van der Waals surface area contributed by atoms with Gasteiger partial charge in [0, 0.05) is 23.1 Å². The molecule has 0 radical (unpaired) electrons. The van der Waals surface area contributed by atoms with Crippen LogP contribution in [0, 0.1) is 0 Å². The molecule has 2 amide bonds. The number of methoxy groups -OCH3 is 2. The molecule has 0 saturated carbocycles. The van der Waals surface area contributed by atoms with Crippen molar-refractivity contribution in [3.63, 3.8) is 0 Å². The molecule has 1 N–H and O–H groups in total. The molecule has 0 fully saturated rings. The van der Waals surface area contributed by atoms with Crippen molar-refractivity contribution < 1.29 is 27.5 Å². The number of carbonyl (C=O) groups is 2. The molecular weight excluding hydrogens is 613 g/mol. The van der Waals surface area contributed by atoms with E-state index in [1.807, 2.05) is 6.92 Å². The first-order valence-electron chi connectivity index (χ1n) is 13.9. The van der Waals surface area contributed by atoms with E-state index in [2.05, 4.69) is 5.32 Å². The van der Waals surface area contributed by atoms with Gasteiger partial charge in [0.2, 0.25) is 11.8 Å². The minimum atomic E-state index is -4.29. The van der Waals surface area contributed by atoms with Crippen molar-refractivity contribution in [1.82, 2.24) is 10.2 Å². The van der Waals surface area contributed by atoms with E-state index in [0.29, 0.717) is 27.9 Å². The maximum absolute atomic E-state index is 14.2. The number of amides is 2. The van der Waals surface area contributed by atoms with E-state index in [4.69, 9.17) is 32.7 Å². The molecule has 0 aliphatic heterocycles. The van der Waals surface area contributed by atoms with Crippen LogP contribution in [0.15, 0.2) is 71.6 Å². The van der Waals surface area contributed by atoms with Gasteiger partial charge in [-0.3, -0.25) is 13.9 Å². The van der Waals surface area contributed by atoms with E-state index >= 15 is 0 Å². The molecule has 3 aromatic carbocycles. The Morgan fingerprint density at radius 1 is 0.953 bits per heavy atom. The maximum Gasteiger partial charge on any atom is 0.264 e. The van der Waals surface area contributed by atoms with E-state index < -0.39 is 28.5 Å². The lowest BCUT2D eigenvalue weighted by atomic mass is 10.1. The molecule has 232 valence electrons. The van der Waals surface area contributed by atoms with Gasteiger partial charge in [-0.1, -0.05) is 61.7 Å². The topological polar surface area (TPSA) is 105 Å². The highest BCUT2D eigenvalue weighted by Crippen LogP contribution is 2.33. The van der Waals surface area contributed by atoms with Crippen molar-refractivity contribution in [2.45, 2.75) is 50.6 Å². The van der Waals surface area contributed by atoms with Gasteiger partial charge in [-0.2, -0.15) is 0 Å². The molecule has 0 aliphatic rings. The number of hydrogen-bond donors (Lipinski definition) is 1. The quantitative estimate of drug-likeness (QED) is 0.205. The summed E-state index contributed by atoms with van der Waals surface area (Å²) in [6, 6.07) is 16.4. The second-order valence-corrected chi connectivity index (χ2v) is 12.4. The number of sulfonamides is 1. The zero-order chi connectivity index (χ0) is 31.6. The minimum Gasteiger partial charge on any atom is -0.497 e. The number of unbranched alkanes of at least 4 members (excludes halogenated alkanes) is 1. The van der Waals surface area contributed by atoms with Gasteiger partial charge in [0.25, 0.3) is 10.0 Å². The third kappa shape index (κ3) is 8.55. The molecule has 3 aromatic rings. The number of ether oxygens (including phenoxy) is 2. The number of rotatable bonds is 15. The Balaban J connectivity index is 2.10. The molecule has 12 heteroatoms. The van der Waals surface area contributed by atoms with Gasteiger partial charge in [-0.15, -0.1) is 0 Å². The Labute approximate surface area is 263 Å². The summed E-state index contributed by atoms with van der Waals surface area (Å²) in [5.41, 5.74) is 0.722. The number of nitrogens with one attached hydrogen (secondary N) is 1. The summed E-state index contributed by atoms with van der Waals surface area (Å²) in [4.78, 5) is 28.9. The summed E-state index contributed by atoms with van der Waals surface area (Å²) >= 11 is 12.6.